The summed E-state index contributed by atoms with van der Waals surface area (Å²) in [4.78, 5) is 16.8. The highest BCUT2D eigenvalue weighted by atomic mass is 16.2. The van der Waals surface area contributed by atoms with E-state index in [1.165, 1.54) is 12.8 Å². The second-order valence-corrected chi connectivity index (χ2v) is 6.44. The van der Waals surface area contributed by atoms with Crippen LogP contribution in [0.2, 0.25) is 0 Å². The first-order valence-electron chi connectivity index (χ1n) is 7.73. The second-order valence-electron chi connectivity index (χ2n) is 6.44. The van der Waals surface area contributed by atoms with Crippen molar-refractivity contribution in [3.8, 4) is 0 Å². The maximum atomic E-state index is 12.6. The van der Waals surface area contributed by atoms with Crippen molar-refractivity contribution in [1.82, 2.24) is 15.1 Å². The van der Waals surface area contributed by atoms with E-state index in [-0.39, 0.29) is 0 Å². The van der Waals surface area contributed by atoms with E-state index in [2.05, 4.69) is 36.1 Å². The highest BCUT2D eigenvalue weighted by molar-refractivity contribution is 5.82. The third-order valence-electron chi connectivity index (χ3n) is 4.81. The number of piperidine rings is 1. The number of hydrogen-bond acceptors (Lipinski definition) is 3. The number of amides is 1. The lowest BCUT2D eigenvalue weighted by Crippen LogP contribution is -2.37. The summed E-state index contributed by atoms with van der Waals surface area (Å²) in [5.41, 5.74) is 0.372. The van der Waals surface area contributed by atoms with Crippen LogP contribution in [0.4, 0.5) is 0 Å². The molecule has 1 spiro atoms. The van der Waals surface area contributed by atoms with Crippen LogP contribution < -0.4 is 5.32 Å². The summed E-state index contributed by atoms with van der Waals surface area (Å²) in [7, 11) is 4.17. The van der Waals surface area contributed by atoms with E-state index < -0.39 is 0 Å². The fourth-order valence-corrected chi connectivity index (χ4v) is 3.40. The summed E-state index contributed by atoms with van der Waals surface area (Å²) in [6.45, 7) is 7.12. The Balaban J connectivity index is 1.81. The quantitative estimate of drug-likeness (QED) is 0.785. The lowest BCUT2D eigenvalue weighted by molar-refractivity contribution is -0.133. The Labute approximate surface area is 117 Å². The molecule has 19 heavy (non-hydrogen) atoms. The van der Waals surface area contributed by atoms with E-state index in [4.69, 9.17) is 0 Å². The Bertz CT molecular complexity index is 311. The van der Waals surface area contributed by atoms with Crippen LogP contribution >= 0.6 is 0 Å². The molecule has 0 aromatic carbocycles. The van der Waals surface area contributed by atoms with Gasteiger partial charge < -0.3 is 15.1 Å². The zero-order valence-electron chi connectivity index (χ0n) is 12.7. The third-order valence-corrected chi connectivity index (χ3v) is 4.81. The zero-order valence-corrected chi connectivity index (χ0v) is 12.7. The van der Waals surface area contributed by atoms with Gasteiger partial charge in [-0.25, -0.2) is 0 Å². The normalized spacial score (nSPS) is 24.7. The monoisotopic (exact) mass is 267 g/mol. The number of nitrogens with zero attached hydrogens (tertiary/aromatic N) is 2. The average Bonchev–Trinajstić information content (AvgIpc) is 3.08. The average molecular weight is 267 g/mol. The van der Waals surface area contributed by atoms with Gasteiger partial charge in [-0.15, -0.1) is 0 Å². The number of nitrogens with one attached hydrogen (secondary N) is 1. The lowest BCUT2D eigenvalue weighted by Gasteiger charge is -2.26. The Morgan fingerprint density at radius 2 is 1.95 bits per heavy atom. The first kappa shape index (κ1) is 14.8. The third kappa shape index (κ3) is 3.48. The van der Waals surface area contributed by atoms with Gasteiger partial charge in [0.05, 0.1) is 0 Å². The van der Waals surface area contributed by atoms with Crippen LogP contribution in [-0.2, 0) is 4.79 Å². The smallest absolute Gasteiger partial charge is 0.226 e. The molecule has 0 radical (unpaired) electrons. The van der Waals surface area contributed by atoms with Gasteiger partial charge in [0.25, 0.3) is 0 Å². The largest absolute Gasteiger partial charge is 0.343 e. The number of hydrogen-bond donors (Lipinski definition) is 1. The molecule has 1 unspecified atom stereocenters. The Hall–Kier alpha value is -0.610. The van der Waals surface area contributed by atoms with Crippen molar-refractivity contribution in [3.05, 3.63) is 0 Å². The van der Waals surface area contributed by atoms with E-state index in [9.17, 15) is 4.79 Å². The van der Waals surface area contributed by atoms with E-state index >= 15 is 0 Å². The zero-order chi connectivity index (χ0) is 13.9. The molecule has 2 aliphatic rings. The van der Waals surface area contributed by atoms with Gasteiger partial charge >= 0.3 is 0 Å². The summed E-state index contributed by atoms with van der Waals surface area (Å²) in [5, 5.41) is 3.40. The van der Waals surface area contributed by atoms with E-state index in [0.717, 1.165) is 45.6 Å². The molecule has 2 fully saturated rings. The summed E-state index contributed by atoms with van der Waals surface area (Å²) >= 11 is 0. The van der Waals surface area contributed by atoms with Gasteiger partial charge in [0.1, 0.15) is 0 Å². The van der Waals surface area contributed by atoms with Gasteiger partial charge in [0.15, 0.2) is 0 Å². The summed E-state index contributed by atoms with van der Waals surface area (Å²) in [6, 6.07) is 0. The van der Waals surface area contributed by atoms with Crippen LogP contribution in [-0.4, -0.2) is 62.5 Å². The van der Waals surface area contributed by atoms with Crippen LogP contribution in [0, 0.1) is 11.3 Å². The number of carbonyl (C=O) groups excluding carboxylic acids is 1. The van der Waals surface area contributed by atoms with Crippen molar-refractivity contribution in [2.75, 3.05) is 46.8 Å². The van der Waals surface area contributed by atoms with E-state index in [1.54, 1.807) is 0 Å². The molecule has 1 heterocycles. The Morgan fingerprint density at radius 3 is 2.53 bits per heavy atom. The highest BCUT2D eigenvalue weighted by Crippen LogP contribution is 2.59. The van der Waals surface area contributed by atoms with E-state index in [0.29, 0.717) is 17.2 Å². The van der Waals surface area contributed by atoms with Crippen LogP contribution in [0.5, 0.6) is 0 Å². The second kappa shape index (κ2) is 6.23. The fraction of sp³-hybridized carbons (Fsp3) is 0.933. The first-order valence-corrected chi connectivity index (χ1v) is 7.73. The molecular formula is C15H29N3O. The minimum atomic E-state index is 0.328. The van der Waals surface area contributed by atoms with Crippen molar-refractivity contribution in [1.29, 1.82) is 0 Å². The van der Waals surface area contributed by atoms with E-state index in [1.807, 2.05) is 0 Å². The molecule has 0 aromatic heterocycles. The van der Waals surface area contributed by atoms with Crippen molar-refractivity contribution < 1.29 is 4.79 Å². The molecule has 4 nitrogen and oxygen atoms in total. The van der Waals surface area contributed by atoms with Gasteiger partial charge in [0, 0.05) is 19.0 Å². The van der Waals surface area contributed by atoms with Gasteiger partial charge in [-0.2, -0.15) is 0 Å². The molecule has 2 rings (SSSR count). The van der Waals surface area contributed by atoms with Crippen LogP contribution in [0.1, 0.15) is 32.6 Å². The Kier molecular flexibility index (Phi) is 4.85. The molecule has 1 saturated carbocycles. The first-order chi connectivity index (χ1) is 9.09. The summed E-state index contributed by atoms with van der Waals surface area (Å²) < 4.78 is 0. The van der Waals surface area contributed by atoms with Crippen LogP contribution in [0.25, 0.3) is 0 Å². The van der Waals surface area contributed by atoms with Crippen molar-refractivity contribution in [2.24, 2.45) is 11.3 Å². The molecule has 1 aliphatic heterocycles. The minimum absolute atomic E-state index is 0.328. The predicted octanol–water partition coefficient (Wildman–Crippen LogP) is 1.18. The molecule has 0 bridgehead atoms. The van der Waals surface area contributed by atoms with Crippen molar-refractivity contribution >= 4 is 5.91 Å². The predicted molar refractivity (Wildman–Crippen MR) is 78.1 cm³/mol. The molecule has 110 valence electrons. The molecule has 4 heteroatoms. The molecule has 1 aliphatic carbocycles. The number of rotatable bonds is 6. The maximum absolute atomic E-state index is 12.6. The van der Waals surface area contributed by atoms with Crippen LogP contribution in [0.3, 0.4) is 0 Å². The Morgan fingerprint density at radius 1 is 1.26 bits per heavy atom. The lowest BCUT2D eigenvalue weighted by atomic mass is 9.91. The molecule has 1 N–H and O–H groups in total. The molecule has 1 atom stereocenters. The highest BCUT2D eigenvalue weighted by Gasteiger charge is 2.58. The van der Waals surface area contributed by atoms with Crippen LogP contribution in [0.15, 0.2) is 0 Å². The molecule has 0 aromatic rings. The number of carbonyl (C=O) groups is 1. The molecular weight excluding hydrogens is 238 g/mol. The summed E-state index contributed by atoms with van der Waals surface area (Å²) in [6.07, 6.45) is 4.60. The SMILES string of the molecule is CCN(CCCN(C)C)C(=O)C1CC12CCNCC2. The molecule has 1 saturated heterocycles. The van der Waals surface area contributed by atoms with Gasteiger partial charge in [-0.1, -0.05) is 0 Å². The molecule has 1 amide bonds. The van der Waals surface area contributed by atoms with Gasteiger partial charge in [-0.3, -0.25) is 4.79 Å². The fourth-order valence-electron chi connectivity index (χ4n) is 3.40. The standard InChI is InChI=1S/C15H29N3O/c1-4-18(11-5-10-17(2)3)14(19)13-12-15(13)6-8-16-9-7-15/h13,16H,4-12H2,1-3H3. The van der Waals surface area contributed by atoms with Gasteiger partial charge in [-0.05, 0) is 71.8 Å². The topological polar surface area (TPSA) is 35.6 Å². The summed E-state index contributed by atoms with van der Waals surface area (Å²) in [5.74, 6) is 0.747. The minimum Gasteiger partial charge on any atom is -0.343 e. The van der Waals surface area contributed by atoms with Crippen molar-refractivity contribution in [2.45, 2.75) is 32.6 Å². The van der Waals surface area contributed by atoms with Crippen molar-refractivity contribution in [3.63, 3.8) is 0 Å². The maximum Gasteiger partial charge on any atom is 0.226 e. The van der Waals surface area contributed by atoms with Gasteiger partial charge in [0.2, 0.25) is 5.91 Å².